The van der Waals surface area contributed by atoms with Crippen LogP contribution in [0.15, 0.2) is 58.1 Å². The second kappa shape index (κ2) is 8.76. The molecule has 2 aromatic carbocycles. The minimum absolute atomic E-state index is 0.0295. The van der Waals surface area contributed by atoms with Crippen molar-refractivity contribution in [3.8, 4) is 0 Å². The standard InChI is InChI=1S/C20H22BrN3O2/c1-20(2,3)16-8-6-15(7-9-16)19(26)22-13-18(25)24-23-12-14-4-10-17(21)11-5-14/h4-12H,13H2,1-3H3,(H,22,26)(H,24,25). The molecule has 0 fully saturated rings. The Morgan fingerprint density at radius 2 is 1.65 bits per heavy atom. The largest absolute Gasteiger partial charge is 0.343 e. The van der Waals surface area contributed by atoms with Crippen molar-refractivity contribution in [1.82, 2.24) is 10.7 Å². The Balaban J connectivity index is 1.81. The molecular formula is C20H22BrN3O2. The number of carbonyl (C=O) groups is 2. The van der Waals surface area contributed by atoms with Crippen LogP contribution in [0, 0.1) is 0 Å². The number of nitrogens with one attached hydrogen (secondary N) is 2. The van der Waals surface area contributed by atoms with Crippen LogP contribution in [0.1, 0.15) is 42.3 Å². The van der Waals surface area contributed by atoms with Crippen LogP contribution >= 0.6 is 15.9 Å². The molecule has 2 N–H and O–H groups in total. The van der Waals surface area contributed by atoms with E-state index in [9.17, 15) is 9.59 Å². The van der Waals surface area contributed by atoms with Crippen molar-refractivity contribution in [2.24, 2.45) is 5.10 Å². The lowest BCUT2D eigenvalue weighted by Crippen LogP contribution is -2.34. The third-order valence-electron chi connectivity index (χ3n) is 3.70. The van der Waals surface area contributed by atoms with Gasteiger partial charge in [-0.2, -0.15) is 5.10 Å². The van der Waals surface area contributed by atoms with E-state index in [-0.39, 0.29) is 17.9 Å². The summed E-state index contributed by atoms with van der Waals surface area (Å²) in [5.74, 6) is -0.685. The second-order valence-electron chi connectivity index (χ2n) is 6.85. The number of carbonyl (C=O) groups excluding carboxylic acids is 2. The third-order valence-corrected chi connectivity index (χ3v) is 4.22. The topological polar surface area (TPSA) is 70.6 Å². The summed E-state index contributed by atoms with van der Waals surface area (Å²) in [6.45, 7) is 6.20. The SMILES string of the molecule is CC(C)(C)c1ccc(C(=O)NCC(=O)NN=Cc2ccc(Br)cc2)cc1. The van der Waals surface area contributed by atoms with Gasteiger partial charge in [-0.15, -0.1) is 0 Å². The maximum atomic E-state index is 12.1. The molecule has 2 aromatic rings. The number of nitrogens with zero attached hydrogens (tertiary/aromatic N) is 1. The molecule has 6 heteroatoms. The van der Waals surface area contributed by atoms with Crippen LogP contribution < -0.4 is 10.7 Å². The molecule has 136 valence electrons. The van der Waals surface area contributed by atoms with Gasteiger partial charge < -0.3 is 5.32 Å². The summed E-state index contributed by atoms with van der Waals surface area (Å²) in [6, 6.07) is 14.9. The summed E-state index contributed by atoms with van der Waals surface area (Å²) in [6.07, 6.45) is 1.54. The fourth-order valence-corrected chi connectivity index (χ4v) is 2.42. The smallest absolute Gasteiger partial charge is 0.259 e. The van der Waals surface area contributed by atoms with E-state index < -0.39 is 5.91 Å². The second-order valence-corrected chi connectivity index (χ2v) is 7.77. The Labute approximate surface area is 162 Å². The monoisotopic (exact) mass is 415 g/mol. The summed E-state index contributed by atoms with van der Waals surface area (Å²) < 4.78 is 0.969. The highest BCUT2D eigenvalue weighted by molar-refractivity contribution is 9.10. The van der Waals surface area contributed by atoms with Gasteiger partial charge in [0.15, 0.2) is 0 Å². The normalized spacial score (nSPS) is 11.4. The summed E-state index contributed by atoms with van der Waals surface area (Å²) >= 11 is 3.35. The molecule has 0 unspecified atom stereocenters. The Morgan fingerprint density at radius 3 is 2.23 bits per heavy atom. The molecule has 0 spiro atoms. The molecule has 0 saturated heterocycles. The minimum Gasteiger partial charge on any atom is -0.343 e. The van der Waals surface area contributed by atoms with Gasteiger partial charge in [-0.1, -0.05) is 61.0 Å². The molecule has 0 bridgehead atoms. The molecule has 0 heterocycles. The number of halogens is 1. The van der Waals surface area contributed by atoms with Gasteiger partial charge in [-0.05, 0) is 40.8 Å². The van der Waals surface area contributed by atoms with Crippen molar-refractivity contribution in [2.45, 2.75) is 26.2 Å². The van der Waals surface area contributed by atoms with Crippen LogP contribution in [-0.4, -0.2) is 24.6 Å². The molecule has 5 nitrogen and oxygen atoms in total. The number of hydrogen-bond donors (Lipinski definition) is 2. The first-order chi connectivity index (χ1) is 12.3. The van der Waals surface area contributed by atoms with Crippen molar-refractivity contribution in [1.29, 1.82) is 0 Å². The van der Waals surface area contributed by atoms with Gasteiger partial charge >= 0.3 is 0 Å². The lowest BCUT2D eigenvalue weighted by molar-refractivity contribution is -0.120. The zero-order valence-electron chi connectivity index (χ0n) is 15.0. The minimum atomic E-state index is -0.391. The van der Waals surface area contributed by atoms with E-state index in [0.29, 0.717) is 5.56 Å². The zero-order chi connectivity index (χ0) is 19.2. The molecule has 2 rings (SSSR count). The van der Waals surface area contributed by atoms with Gasteiger partial charge in [0.1, 0.15) is 0 Å². The fourth-order valence-electron chi connectivity index (χ4n) is 2.15. The molecule has 0 aliphatic carbocycles. The third kappa shape index (κ3) is 6.11. The van der Waals surface area contributed by atoms with Crippen molar-refractivity contribution < 1.29 is 9.59 Å². The number of hydrogen-bond acceptors (Lipinski definition) is 3. The van der Waals surface area contributed by atoms with E-state index in [1.165, 1.54) is 6.21 Å². The maximum Gasteiger partial charge on any atom is 0.259 e. The van der Waals surface area contributed by atoms with Crippen molar-refractivity contribution in [3.05, 3.63) is 69.7 Å². The van der Waals surface area contributed by atoms with E-state index in [0.717, 1.165) is 15.6 Å². The van der Waals surface area contributed by atoms with Crippen molar-refractivity contribution in [3.63, 3.8) is 0 Å². The van der Waals surface area contributed by atoms with E-state index in [1.54, 1.807) is 12.1 Å². The van der Waals surface area contributed by atoms with Crippen molar-refractivity contribution in [2.75, 3.05) is 6.54 Å². The highest BCUT2D eigenvalue weighted by Gasteiger charge is 2.14. The Kier molecular flexibility index (Phi) is 6.69. The van der Waals surface area contributed by atoms with E-state index in [2.05, 4.69) is 52.5 Å². The van der Waals surface area contributed by atoms with Crippen LogP contribution in [-0.2, 0) is 10.2 Å². The average molecular weight is 416 g/mol. The summed E-state index contributed by atoms with van der Waals surface area (Å²) in [4.78, 5) is 23.9. The molecule has 0 aliphatic heterocycles. The number of benzene rings is 2. The average Bonchev–Trinajstić information content (AvgIpc) is 2.61. The summed E-state index contributed by atoms with van der Waals surface area (Å²) in [7, 11) is 0. The Hall–Kier alpha value is -2.47. The first-order valence-corrected chi connectivity index (χ1v) is 9.01. The number of hydrazone groups is 1. The van der Waals surface area contributed by atoms with E-state index >= 15 is 0 Å². The van der Waals surface area contributed by atoms with Gasteiger partial charge in [0, 0.05) is 10.0 Å². The van der Waals surface area contributed by atoms with E-state index in [4.69, 9.17) is 0 Å². The van der Waals surface area contributed by atoms with Gasteiger partial charge in [0.2, 0.25) is 0 Å². The summed E-state index contributed by atoms with van der Waals surface area (Å²) in [5.41, 5.74) is 4.94. The molecule has 0 aliphatic rings. The molecular weight excluding hydrogens is 394 g/mol. The Bertz CT molecular complexity index is 791. The predicted octanol–water partition coefficient (Wildman–Crippen LogP) is 3.63. The summed E-state index contributed by atoms with van der Waals surface area (Å²) in [5, 5.41) is 6.45. The van der Waals surface area contributed by atoms with Crippen LogP contribution in [0.2, 0.25) is 0 Å². The highest BCUT2D eigenvalue weighted by Crippen LogP contribution is 2.22. The fraction of sp³-hybridized carbons (Fsp3) is 0.250. The quantitative estimate of drug-likeness (QED) is 0.577. The molecule has 0 aromatic heterocycles. The first kappa shape index (κ1) is 19.8. The van der Waals surface area contributed by atoms with Gasteiger partial charge in [0.25, 0.3) is 11.8 Å². The molecule has 0 atom stereocenters. The molecule has 0 saturated carbocycles. The lowest BCUT2D eigenvalue weighted by Gasteiger charge is -2.19. The van der Waals surface area contributed by atoms with Crippen LogP contribution in [0.5, 0.6) is 0 Å². The van der Waals surface area contributed by atoms with E-state index in [1.807, 2.05) is 36.4 Å². The Morgan fingerprint density at radius 1 is 1.04 bits per heavy atom. The van der Waals surface area contributed by atoms with Gasteiger partial charge in [0.05, 0.1) is 12.8 Å². The van der Waals surface area contributed by atoms with Crippen LogP contribution in [0.25, 0.3) is 0 Å². The highest BCUT2D eigenvalue weighted by atomic mass is 79.9. The number of amides is 2. The predicted molar refractivity (Wildman–Crippen MR) is 107 cm³/mol. The van der Waals surface area contributed by atoms with Crippen LogP contribution in [0.4, 0.5) is 0 Å². The molecule has 26 heavy (non-hydrogen) atoms. The van der Waals surface area contributed by atoms with Crippen LogP contribution in [0.3, 0.4) is 0 Å². The molecule has 0 radical (unpaired) electrons. The molecule has 2 amide bonds. The zero-order valence-corrected chi connectivity index (χ0v) is 16.6. The maximum absolute atomic E-state index is 12.1. The number of rotatable bonds is 5. The first-order valence-electron chi connectivity index (χ1n) is 8.22. The van der Waals surface area contributed by atoms with Gasteiger partial charge in [-0.25, -0.2) is 5.43 Å². The van der Waals surface area contributed by atoms with Gasteiger partial charge in [-0.3, -0.25) is 9.59 Å². The van der Waals surface area contributed by atoms with Crippen molar-refractivity contribution >= 4 is 34.0 Å². The lowest BCUT2D eigenvalue weighted by atomic mass is 9.87.